The summed E-state index contributed by atoms with van der Waals surface area (Å²) in [5.74, 6) is 0.952. The Hall–Kier alpha value is -0.520. The molecule has 2 atom stereocenters. The van der Waals surface area contributed by atoms with Gasteiger partial charge in [-0.2, -0.15) is 0 Å². The van der Waals surface area contributed by atoms with Crippen LogP contribution in [0, 0.1) is 11.3 Å². The Morgan fingerprint density at radius 3 is 2.92 bits per heavy atom. The number of hydrogen-bond acceptors (Lipinski definition) is 0. The zero-order valence-corrected chi connectivity index (χ0v) is 8.63. The van der Waals surface area contributed by atoms with Crippen molar-refractivity contribution < 1.29 is 0 Å². The van der Waals surface area contributed by atoms with Gasteiger partial charge in [0.1, 0.15) is 0 Å². The second-order valence-electron chi connectivity index (χ2n) is 4.89. The van der Waals surface area contributed by atoms with Crippen molar-refractivity contribution in [2.45, 2.75) is 45.4 Å². The molecule has 2 aliphatic carbocycles. The second kappa shape index (κ2) is 3.69. The van der Waals surface area contributed by atoms with Crippen LogP contribution in [0.25, 0.3) is 0 Å². The summed E-state index contributed by atoms with van der Waals surface area (Å²) in [7, 11) is 0. The molecule has 0 radical (unpaired) electrons. The molecule has 0 amide bonds. The van der Waals surface area contributed by atoms with Gasteiger partial charge in [0.05, 0.1) is 0 Å². The Bertz CT molecular complexity index is 224. The molecular weight excluding hydrogens is 156 g/mol. The van der Waals surface area contributed by atoms with Crippen LogP contribution in [0.2, 0.25) is 0 Å². The lowest BCUT2D eigenvalue weighted by atomic mass is 9.79. The highest BCUT2D eigenvalue weighted by Crippen LogP contribution is 2.46. The van der Waals surface area contributed by atoms with Crippen LogP contribution in [0.3, 0.4) is 0 Å². The predicted octanol–water partition coefficient (Wildman–Crippen LogP) is 4.09. The highest BCUT2D eigenvalue weighted by molar-refractivity contribution is 5.12. The van der Waals surface area contributed by atoms with E-state index in [0.29, 0.717) is 5.41 Å². The number of allylic oxidation sites excluding steroid dienone is 4. The van der Waals surface area contributed by atoms with E-state index in [1.165, 1.54) is 38.5 Å². The fourth-order valence-corrected chi connectivity index (χ4v) is 2.90. The predicted molar refractivity (Wildman–Crippen MR) is 57.6 cm³/mol. The minimum atomic E-state index is 0.587. The fraction of sp³-hybridized carbons (Fsp3) is 0.692. The van der Waals surface area contributed by atoms with Crippen LogP contribution in [0.4, 0.5) is 0 Å². The van der Waals surface area contributed by atoms with Gasteiger partial charge in [0.15, 0.2) is 0 Å². The lowest BCUT2D eigenvalue weighted by Crippen LogP contribution is -2.13. The van der Waals surface area contributed by atoms with Gasteiger partial charge in [0.25, 0.3) is 0 Å². The van der Waals surface area contributed by atoms with Gasteiger partial charge in [-0.15, -0.1) is 0 Å². The first-order valence-corrected chi connectivity index (χ1v) is 5.65. The minimum Gasteiger partial charge on any atom is -0.0845 e. The van der Waals surface area contributed by atoms with Gasteiger partial charge >= 0.3 is 0 Å². The van der Waals surface area contributed by atoms with Crippen molar-refractivity contribution in [3.8, 4) is 0 Å². The summed E-state index contributed by atoms with van der Waals surface area (Å²) in [6.45, 7) is 2.40. The number of hydrogen-bond donors (Lipinski definition) is 0. The van der Waals surface area contributed by atoms with E-state index in [2.05, 4.69) is 31.2 Å². The van der Waals surface area contributed by atoms with Gasteiger partial charge in [-0.1, -0.05) is 31.2 Å². The molecule has 0 saturated heterocycles. The van der Waals surface area contributed by atoms with Gasteiger partial charge in [0.2, 0.25) is 0 Å². The van der Waals surface area contributed by atoms with Gasteiger partial charge < -0.3 is 0 Å². The van der Waals surface area contributed by atoms with Crippen LogP contribution >= 0.6 is 0 Å². The Kier molecular flexibility index (Phi) is 2.57. The van der Waals surface area contributed by atoms with Crippen LogP contribution in [0.15, 0.2) is 24.3 Å². The van der Waals surface area contributed by atoms with Crippen molar-refractivity contribution in [3.05, 3.63) is 24.3 Å². The van der Waals surface area contributed by atoms with Gasteiger partial charge in [0, 0.05) is 0 Å². The topological polar surface area (TPSA) is 0 Å². The van der Waals surface area contributed by atoms with Crippen molar-refractivity contribution >= 4 is 0 Å². The zero-order chi connectivity index (χ0) is 9.15. The maximum absolute atomic E-state index is 2.48. The van der Waals surface area contributed by atoms with Crippen LogP contribution < -0.4 is 0 Å². The average molecular weight is 176 g/mol. The van der Waals surface area contributed by atoms with Gasteiger partial charge in [-0.25, -0.2) is 0 Å². The smallest absolute Gasteiger partial charge is 0.0112 e. The first-order valence-electron chi connectivity index (χ1n) is 5.65. The van der Waals surface area contributed by atoms with Crippen LogP contribution in [0.1, 0.15) is 45.4 Å². The van der Waals surface area contributed by atoms with Gasteiger partial charge in [-0.05, 0) is 49.9 Å². The summed E-state index contributed by atoms with van der Waals surface area (Å²) in [6, 6.07) is 0. The molecule has 2 aliphatic rings. The maximum Gasteiger partial charge on any atom is -0.0112 e. The molecule has 0 nitrogen and oxygen atoms in total. The SMILES string of the molecule is CC1CCC2(/C=C\C=C/CCC2)C1. The van der Waals surface area contributed by atoms with E-state index in [1.807, 2.05) is 0 Å². The summed E-state index contributed by atoms with van der Waals surface area (Å²) in [4.78, 5) is 0. The van der Waals surface area contributed by atoms with E-state index in [4.69, 9.17) is 0 Å². The molecule has 0 bridgehead atoms. The Labute approximate surface area is 81.7 Å². The normalized spacial score (nSPS) is 44.2. The van der Waals surface area contributed by atoms with E-state index in [0.717, 1.165) is 5.92 Å². The molecule has 0 aromatic rings. The largest absolute Gasteiger partial charge is 0.0845 e. The maximum atomic E-state index is 2.48. The molecule has 72 valence electrons. The minimum absolute atomic E-state index is 0.587. The molecule has 0 aromatic heterocycles. The summed E-state index contributed by atoms with van der Waals surface area (Å²) in [5.41, 5.74) is 0.587. The van der Waals surface area contributed by atoms with Crippen LogP contribution in [0.5, 0.6) is 0 Å². The van der Waals surface area contributed by atoms with Crippen molar-refractivity contribution in [1.82, 2.24) is 0 Å². The molecule has 1 saturated carbocycles. The van der Waals surface area contributed by atoms with E-state index >= 15 is 0 Å². The molecule has 0 aromatic carbocycles. The number of rotatable bonds is 0. The summed E-state index contributed by atoms with van der Waals surface area (Å²) in [6.07, 6.45) is 17.6. The van der Waals surface area contributed by atoms with E-state index in [1.54, 1.807) is 0 Å². The third-order valence-electron chi connectivity index (χ3n) is 3.63. The Morgan fingerprint density at radius 2 is 2.15 bits per heavy atom. The molecule has 2 unspecified atom stereocenters. The fourth-order valence-electron chi connectivity index (χ4n) is 2.90. The van der Waals surface area contributed by atoms with Crippen LogP contribution in [-0.2, 0) is 0 Å². The average Bonchev–Trinajstić information content (AvgIpc) is 2.42. The summed E-state index contributed by atoms with van der Waals surface area (Å²) < 4.78 is 0. The quantitative estimate of drug-likeness (QED) is 0.521. The highest BCUT2D eigenvalue weighted by atomic mass is 14.4. The van der Waals surface area contributed by atoms with E-state index in [9.17, 15) is 0 Å². The summed E-state index contributed by atoms with van der Waals surface area (Å²) >= 11 is 0. The van der Waals surface area contributed by atoms with Crippen LogP contribution in [-0.4, -0.2) is 0 Å². The molecule has 0 aliphatic heterocycles. The third-order valence-corrected chi connectivity index (χ3v) is 3.63. The van der Waals surface area contributed by atoms with Gasteiger partial charge in [-0.3, -0.25) is 0 Å². The monoisotopic (exact) mass is 176 g/mol. The highest BCUT2D eigenvalue weighted by Gasteiger charge is 2.34. The van der Waals surface area contributed by atoms with E-state index in [-0.39, 0.29) is 0 Å². The molecule has 13 heavy (non-hydrogen) atoms. The first kappa shape index (κ1) is 9.05. The van der Waals surface area contributed by atoms with Crippen molar-refractivity contribution in [2.75, 3.05) is 0 Å². The lowest BCUT2D eigenvalue weighted by Gasteiger charge is -2.26. The first-order chi connectivity index (χ1) is 6.31. The molecule has 0 N–H and O–H groups in total. The second-order valence-corrected chi connectivity index (χ2v) is 4.89. The molecule has 1 spiro atoms. The molecular formula is C13H20. The lowest BCUT2D eigenvalue weighted by molar-refractivity contribution is 0.340. The van der Waals surface area contributed by atoms with Crippen molar-refractivity contribution in [1.29, 1.82) is 0 Å². The van der Waals surface area contributed by atoms with Crippen molar-refractivity contribution in [3.63, 3.8) is 0 Å². The zero-order valence-electron chi connectivity index (χ0n) is 8.63. The Morgan fingerprint density at radius 1 is 1.23 bits per heavy atom. The molecule has 0 heterocycles. The molecule has 0 heteroatoms. The molecule has 1 fully saturated rings. The third kappa shape index (κ3) is 2.04. The standard InChI is InChI=1S/C13H20/c1-12-7-10-13(11-12)8-5-3-2-4-6-9-13/h2-3,5,8,12H,4,6-7,9-11H2,1H3/b3-2-,8-5-. The van der Waals surface area contributed by atoms with Crippen molar-refractivity contribution in [2.24, 2.45) is 11.3 Å². The molecule has 2 rings (SSSR count). The summed E-state index contributed by atoms with van der Waals surface area (Å²) in [5, 5.41) is 0. The Balaban J connectivity index is 2.11. The van der Waals surface area contributed by atoms with E-state index < -0.39 is 0 Å².